The van der Waals surface area contributed by atoms with Gasteiger partial charge in [0.2, 0.25) is 0 Å². The van der Waals surface area contributed by atoms with Crippen LogP contribution in [0.1, 0.15) is 34.8 Å². The van der Waals surface area contributed by atoms with Gasteiger partial charge in [-0.25, -0.2) is 0 Å². The number of hydrogen-bond donors (Lipinski definition) is 0. The lowest BCUT2D eigenvalue weighted by Gasteiger charge is -2.09. The zero-order valence-corrected chi connectivity index (χ0v) is 10.8. The van der Waals surface area contributed by atoms with Crippen LogP contribution in [-0.4, -0.2) is 18.7 Å². The third-order valence-corrected chi connectivity index (χ3v) is 2.69. The SMILES string of the molecule is CCOc1ccc(C(C)=O)cc1-c1ccc(C=O)o1. The molecule has 0 aliphatic heterocycles. The predicted molar refractivity (Wildman–Crippen MR) is 70.7 cm³/mol. The van der Waals surface area contributed by atoms with E-state index in [1.807, 2.05) is 6.92 Å². The third-order valence-electron chi connectivity index (χ3n) is 2.69. The summed E-state index contributed by atoms with van der Waals surface area (Å²) in [5.41, 5.74) is 1.24. The van der Waals surface area contributed by atoms with Crippen LogP contribution < -0.4 is 4.74 Å². The Balaban J connectivity index is 2.53. The van der Waals surface area contributed by atoms with E-state index in [0.717, 1.165) is 0 Å². The molecule has 0 aliphatic carbocycles. The Morgan fingerprint density at radius 2 is 2.11 bits per heavy atom. The lowest BCUT2D eigenvalue weighted by atomic mass is 10.1. The summed E-state index contributed by atoms with van der Waals surface area (Å²) in [5.74, 6) is 1.34. The molecule has 1 aromatic heterocycles. The highest BCUT2D eigenvalue weighted by Gasteiger charge is 2.13. The molecule has 2 aromatic rings. The number of ether oxygens (including phenoxy) is 1. The van der Waals surface area contributed by atoms with Gasteiger partial charge in [0.15, 0.2) is 17.8 Å². The smallest absolute Gasteiger partial charge is 0.185 e. The van der Waals surface area contributed by atoms with Crippen LogP contribution in [0.25, 0.3) is 11.3 Å². The van der Waals surface area contributed by atoms with E-state index in [9.17, 15) is 9.59 Å². The number of carbonyl (C=O) groups is 2. The number of Topliss-reactive ketones (excluding diaryl/α,β-unsaturated/α-hetero) is 1. The molecular formula is C15H14O4. The molecule has 0 saturated heterocycles. The summed E-state index contributed by atoms with van der Waals surface area (Å²) in [5, 5.41) is 0. The van der Waals surface area contributed by atoms with Crippen molar-refractivity contribution in [1.82, 2.24) is 0 Å². The molecule has 0 radical (unpaired) electrons. The van der Waals surface area contributed by atoms with Crippen molar-refractivity contribution in [3.8, 4) is 17.1 Å². The lowest BCUT2D eigenvalue weighted by Crippen LogP contribution is -1.97. The van der Waals surface area contributed by atoms with Crippen molar-refractivity contribution in [3.63, 3.8) is 0 Å². The van der Waals surface area contributed by atoms with Gasteiger partial charge in [0, 0.05) is 5.56 Å². The molecule has 0 saturated carbocycles. The molecule has 0 aliphatic rings. The Bertz CT molecular complexity index is 610. The maximum atomic E-state index is 11.4. The van der Waals surface area contributed by atoms with E-state index >= 15 is 0 Å². The van der Waals surface area contributed by atoms with Crippen LogP contribution in [-0.2, 0) is 0 Å². The second-order valence-corrected chi connectivity index (χ2v) is 4.02. The summed E-state index contributed by atoms with van der Waals surface area (Å²) in [7, 11) is 0. The maximum absolute atomic E-state index is 11.4. The minimum Gasteiger partial charge on any atom is -0.493 e. The minimum absolute atomic E-state index is 0.0357. The quantitative estimate of drug-likeness (QED) is 0.609. The van der Waals surface area contributed by atoms with E-state index in [0.29, 0.717) is 35.5 Å². The summed E-state index contributed by atoms with van der Waals surface area (Å²) in [6, 6.07) is 8.42. The number of carbonyl (C=O) groups excluding carboxylic acids is 2. The average Bonchev–Trinajstić information content (AvgIpc) is 2.88. The third kappa shape index (κ3) is 2.73. The Labute approximate surface area is 111 Å². The van der Waals surface area contributed by atoms with Gasteiger partial charge in [0.25, 0.3) is 0 Å². The zero-order valence-electron chi connectivity index (χ0n) is 10.8. The minimum atomic E-state index is -0.0357. The molecule has 0 atom stereocenters. The molecular weight excluding hydrogens is 244 g/mol. The van der Waals surface area contributed by atoms with Crippen molar-refractivity contribution in [2.75, 3.05) is 6.61 Å². The number of benzene rings is 1. The first-order valence-electron chi connectivity index (χ1n) is 5.99. The van der Waals surface area contributed by atoms with Crippen molar-refractivity contribution < 1.29 is 18.7 Å². The molecule has 0 N–H and O–H groups in total. The van der Waals surface area contributed by atoms with E-state index in [1.165, 1.54) is 6.92 Å². The van der Waals surface area contributed by atoms with E-state index in [2.05, 4.69) is 0 Å². The van der Waals surface area contributed by atoms with Crippen molar-refractivity contribution >= 4 is 12.1 Å². The second kappa shape index (κ2) is 5.52. The van der Waals surface area contributed by atoms with Crippen LogP contribution in [0, 0.1) is 0 Å². The van der Waals surface area contributed by atoms with Gasteiger partial charge in [-0.1, -0.05) is 0 Å². The number of furan rings is 1. The summed E-state index contributed by atoms with van der Waals surface area (Å²) in [4.78, 5) is 22.1. The summed E-state index contributed by atoms with van der Waals surface area (Å²) < 4.78 is 10.9. The molecule has 0 unspecified atom stereocenters. The normalized spacial score (nSPS) is 10.2. The van der Waals surface area contributed by atoms with Crippen molar-refractivity contribution in [2.45, 2.75) is 13.8 Å². The molecule has 0 fully saturated rings. The molecule has 19 heavy (non-hydrogen) atoms. The zero-order chi connectivity index (χ0) is 13.8. The van der Waals surface area contributed by atoms with Crippen molar-refractivity contribution in [3.05, 3.63) is 41.7 Å². The van der Waals surface area contributed by atoms with E-state index in [-0.39, 0.29) is 11.5 Å². The second-order valence-electron chi connectivity index (χ2n) is 4.02. The highest BCUT2D eigenvalue weighted by atomic mass is 16.5. The fourth-order valence-electron chi connectivity index (χ4n) is 1.78. The Hall–Kier alpha value is -2.36. The monoisotopic (exact) mass is 258 g/mol. The molecule has 1 heterocycles. The van der Waals surface area contributed by atoms with Gasteiger partial charge < -0.3 is 9.15 Å². The van der Waals surface area contributed by atoms with Crippen LogP contribution in [0.4, 0.5) is 0 Å². The van der Waals surface area contributed by atoms with Crippen molar-refractivity contribution in [1.29, 1.82) is 0 Å². The summed E-state index contributed by atoms with van der Waals surface area (Å²) in [6.07, 6.45) is 0.638. The van der Waals surface area contributed by atoms with Crippen LogP contribution in [0.2, 0.25) is 0 Å². The molecule has 2 rings (SSSR count). The molecule has 98 valence electrons. The van der Waals surface area contributed by atoms with Gasteiger partial charge in [-0.05, 0) is 44.2 Å². The van der Waals surface area contributed by atoms with Gasteiger partial charge in [0.1, 0.15) is 11.5 Å². The van der Waals surface area contributed by atoms with Crippen LogP contribution in [0.5, 0.6) is 5.75 Å². The Morgan fingerprint density at radius 3 is 2.68 bits per heavy atom. The van der Waals surface area contributed by atoms with Crippen molar-refractivity contribution in [2.24, 2.45) is 0 Å². The van der Waals surface area contributed by atoms with Gasteiger partial charge in [-0.2, -0.15) is 0 Å². The molecule has 0 amide bonds. The lowest BCUT2D eigenvalue weighted by molar-refractivity contribution is 0.101. The first-order valence-corrected chi connectivity index (χ1v) is 5.99. The Kier molecular flexibility index (Phi) is 3.80. The largest absolute Gasteiger partial charge is 0.493 e. The maximum Gasteiger partial charge on any atom is 0.185 e. The van der Waals surface area contributed by atoms with E-state index in [4.69, 9.17) is 9.15 Å². The van der Waals surface area contributed by atoms with Gasteiger partial charge >= 0.3 is 0 Å². The van der Waals surface area contributed by atoms with Crippen LogP contribution in [0.15, 0.2) is 34.7 Å². The average molecular weight is 258 g/mol. The first-order chi connectivity index (χ1) is 9.15. The summed E-state index contributed by atoms with van der Waals surface area (Å²) in [6.45, 7) is 3.88. The molecule has 0 bridgehead atoms. The molecule has 4 heteroatoms. The molecule has 0 spiro atoms. The van der Waals surface area contributed by atoms with Gasteiger partial charge in [-0.3, -0.25) is 9.59 Å². The Morgan fingerprint density at radius 1 is 1.32 bits per heavy atom. The highest BCUT2D eigenvalue weighted by Crippen LogP contribution is 2.32. The molecule has 4 nitrogen and oxygen atoms in total. The fraction of sp³-hybridized carbons (Fsp3) is 0.200. The summed E-state index contributed by atoms with van der Waals surface area (Å²) >= 11 is 0. The standard InChI is InChI=1S/C15H14O4/c1-3-18-14-6-4-11(10(2)17)8-13(14)15-7-5-12(9-16)19-15/h4-9H,3H2,1-2H3. The van der Waals surface area contributed by atoms with Crippen LogP contribution in [0.3, 0.4) is 0 Å². The molecule has 1 aromatic carbocycles. The van der Waals surface area contributed by atoms with Gasteiger partial charge in [0.05, 0.1) is 12.2 Å². The van der Waals surface area contributed by atoms with Gasteiger partial charge in [-0.15, -0.1) is 0 Å². The first kappa shape index (κ1) is 13.1. The number of rotatable bonds is 5. The number of hydrogen-bond acceptors (Lipinski definition) is 4. The predicted octanol–water partition coefficient (Wildman–Crippen LogP) is 3.36. The number of aldehydes is 1. The van der Waals surface area contributed by atoms with E-state index in [1.54, 1.807) is 30.3 Å². The fourth-order valence-corrected chi connectivity index (χ4v) is 1.78. The number of ketones is 1. The van der Waals surface area contributed by atoms with Crippen LogP contribution >= 0.6 is 0 Å². The van der Waals surface area contributed by atoms with E-state index < -0.39 is 0 Å². The topological polar surface area (TPSA) is 56.5 Å². The highest BCUT2D eigenvalue weighted by molar-refractivity contribution is 5.95.